The van der Waals surface area contributed by atoms with Gasteiger partial charge < -0.3 is 4.79 Å². The van der Waals surface area contributed by atoms with Crippen LogP contribution in [0.2, 0.25) is 0 Å². The standard InChI is InChI=1S/C10H16O/c11-8-10(5-2-6-10)7-9-3-1-4-9/h8-9H,1-7H2. The van der Waals surface area contributed by atoms with Crippen LogP contribution in [0.5, 0.6) is 0 Å². The average molecular weight is 152 g/mol. The molecule has 2 saturated carbocycles. The van der Waals surface area contributed by atoms with Gasteiger partial charge in [-0.25, -0.2) is 0 Å². The molecule has 1 heteroatoms. The quantitative estimate of drug-likeness (QED) is 0.568. The van der Waals surface area contributed by atoms with Crippen molar-refractivity contribution in [3.63, 3.8) is 0 Å². The Balaban J connectivity index is 1.85. The summed E-state index contributed by atoms with van der Waals surface area (Å²) in [6, 6.07) is 0. The third-order valence-electron chi connectivity index (χ3n) is 3.52. The topological polar surface area (TPSA) is 17.1 Å². The molecule has 0 unspecified atom stereocenters. The van der Waals surface area contributed by atoms with Crippen LogP contribution < -0.4 is 0 Å². The fourth-order valence-corrected chi connectivity index (χ4v) is 2.27. The first-order chi connectivity index (χ1) is 5.35. The molecule has 2 rings (SSSR count). The van der Waals surface area contributed by atoms with Crippen molar-refractivity contribution in [3.05, 3.63) is 0 Å². The highest BCUT2D eigenvalue weighted by Crippen LogP contribution is 2.47. The van der Waals surface area contributed by atoms with Gasteiger partial charge in [-0.3, -0.25) is 0 Å². The van der Waals surface area contributed by atoms with Gasteiger partial charge >= 0.3 is 0 Å². The average Bonchev–Trinajstić information content (AvgIpc) is 1.83. The van der Waals surface area contributed by atoms with Crippen molar-refractivity contribution in [1.29, 1.82) is 0 Å². The molecular weight excluding hydrogens is 136 g/mol. The molecule has 0 aromatic rings. The van der Waals surface area contributed by atoms with Gasteiger partial charge in [0.1, 0.15) is 6.29 Å². The molecule has 11 heavy (non-hydrogen) atoms. The molecular formula is C10H16O. The van der Waals surface area contributed by atoms with Crippen molar-refractivity contribution in [2.24, 2.45) is 11.3 Å². The molecule has 0 spiro atoms. The zero-order valence-electron chi connectivity index (χ0n) is 7.01. The molecule has 2 fully saturated rings. The summed E-state index contributed by atoms with van der Waals surface area (Å²) in [4.78, 5) is 10.8. The van der Waals surface area contributed by atoms with E-state index >= 15 is 0 Å². The minimum absolute atomic E-state index is 0.158. The van der Waals surface area contributed by atoms with E-state index in [1.54, 1.807) is 0 Å². The Labute approximate surface area is 68.2 Å². The molecule has 0 bridgehead atoms. The number of hydrogen-bond donors (Lipinski definition) is 0. The lowest BCUT2D eigenvalue weighted by atomic mass is 9.62. The number of carbonyl (C=O) groups excluding carboxylic acids is 1. The summed E-state index contributed by atoms with van der Waals surface area (Å²) in [6.07, 6.45) is 10.2. The minimum Gasteiger partial charge on any atom is -0.303 e. The van der Waals surface area contributed by atoms with Crippen LogP contribution in [0.4, 0.5) is 0 Å². The maximum atomic E-state index is 10.8. The Morgan fingerprint density at radius 3 is 2.27 bits per heavy atom. The van der Waals surface area contributed by atoms with Gasteiger partial charge in [-0.05, 0) is 25.2 Å². The maximum absolute atomic E-state index is 10.8. The molecule has 0 N–H and O–H groups in total. The maximum Gasteiger partial charge on any atom is 0.126 e. The third-order valence-corrected chi connectivity index (χ3v) is 3.52. The highest BCUT2D eigenvalue weighted by Gasteiger charge is 2.39. The van der Waals surface area contributed by atoms with Gasteiger partial charge in [-0.1, -0.05) is 25.7 Å². The lowest BCUT2D eigenvalue weighted by Gasteiger charge is -2.41. The molecule has 0 aliphatic heterocycles. The van der Waals surface area contributed by atoms with Gasteiger partial charge in [0.25, 0.3) is 0 Å². The monoisotopic (exact) mass is 152 g/mol. The van der Waals surface area contributed by atoms with E-state index in [1.807, 2.05) is 0 Å². The van der Waals surface area contributed by atoms with Crippen molar-refractivity contribution in [2.75, 3.05) is 0 Å². The molecule has 0 amide bonds. The van der Waals surface area contributed by atoms with Crippen LogP contribution in [0.15, 0.2) is 0 Å². The zero-order chi connectivity index (χ0) is 7.73. The summed E-state index contributed by atoms with van der Waals surface area (Å²) in [5.41, 5.74) is 0.158. The molecule has 1 nitrogen and oxygen atoms in total. The van der Waals surface area contributed by atoms with E-state index in [2.05, 4.69) is 0 Å². The molecule has 62 valence electrons. The first-order valence-corrected chi connectivity index (χ1v) is 4.81. The van der Waals surface area contributed by atoms with Gasteiger partial charge in [0, 0.05) is 5.41 Å². The highest BCUT2D eigenvalue weighted by molar-refractivity contribution is 5.60. The molecule has 0 radical (unpaired) electrons. The Morgan fingerprint density at radius 2 is 2.00 bits per heavy atom. The lowest BCUT2D eigenvalue weighted by Crippen LogP contribution is -2.34. The first-order valence-electron chi connectivity index (χ1n) is 4.81. The van der Waals surface area contributed by atoms with Crippen molar-refractivity contribution in [1.82, 2.24) is 0 Å². The number of hydrogen-bond acceptors (Lipinski definition) is 1. The molecule has 2 aliphatic carbocycles. The van der Waals surface area contributed by atoms with Crippen LogP contribution in [0.3, 0.4) is 0 Å². The van der Waals surface area contributed by atoms with Crippen molar-refractivity contribution in [3.8, 4) is 0 Å². The smallest absolute Gasteiger partial charge is 0.126 e. The Morgan fingerprint density at radius 1 is 1.27 bits per heavy atom. The van der Waals surface area contributed by atoms with Crippen LogP contribution in [-0.4, -0.2) is 6.29 Å². The summed E-state index contributed by atoms with van der Waals surface area (Å²) < 4.78 is 0. The van der Waals surface area contributed by atoms with Crippen LogP contribution in [0.25, 0.3) is 0 Å². The molecule has 0 aromatic heterocycles. The molecule has 2 aliphatic rings. The molecule has 0 aromatic carbocycles. The Kier molecular flexibility index (Phi) is 1.74. The van der Waals surface area contributed by atoms with E-state index in [9.17, 15) is 4.79 Å². The molecule has 0 heterocycles. The van der Waals surface area contributed by atoms with E-state index in [4.69, 9.17) is 0 Å². The Hall–Kier alpha value is -0.330. The SMILES string of the molecule is O=CC1(CC2CCC2)CCC1. The number of carbonyl (C=O) groups is 1. The van der Waals surface area contributed by atoms with Gasteiger partial charge in [0.15, 0.2) is 0 Å². The largest absolute Gasteiger partial charge is 0.303 e. The fraction of sp³-hybridized carbons (Fsp3) is 0.900. The normalized spacial score (nSPS) is 28.7. The summed E-state index contributed by atoms with van der Waals surface area (Å²) in [7, 11) is 0. The van der Waals surface area contributed by atoms with Gasteiger partial charge in [0.2, 0.25) is 0 Å². The second kappa shape index (κ2) is 2.62. The summed E-state index contributed by atoms with van der Waals surface area (Å²) >= 11 is 0. The van der Waals surface area contributed by atoms with E-state index in [0.717, 1.165) is 5.92 Å². The predicted molar refractivity (Wildman–Crippen MR) is 44.3 cm³/mol. The van der Waals surface area contributed by atoms with Crippen LogP contribution >= 0.6 is 0 Å². The van der Waals surface area contributed by atoms with Crippen molar-refractivity contribution in [2.45, 2.75) is 44.9 Å². The van der Waals surface area contributed by atoms with Gasteiger partial charge in [0.05, 0.1) is 0 Å². The first kappa shape index (κ1) is 7.33. The van der Waals surface area contributed by atoms with Crippen molar-refractivity contribution >= 4 is 6.29 Å². The van der Waals surface area contributed by atoms with E-state index < -0.39 is 0 Å². The second-order valence-electron chi connectivity index (χ2n) is 4.33. The molecule has 0 atom stereocenters. The number of aldehydes is 1. The predicted octanol–water partition coefficient (Wildman–Crippen LogP) is 2.55. The van der Waals surface area contributed by atoms with Gasteiger partial charge in [-0.2, -0.15) is 0 Å². The van der Waals surface area contributed by atoms with Crippen LogP contribution in [0.1, 0.15) is 44.9 Å². The third kappa shape index (κ3) is 1.21. The van der Waals surface area contributed by atoms with Crippen LogP contribution in [0, 0.1) is 11.3 Å². The van der Waals surface area contributed by atoms with E-state index in [0.29, 0.717) is 0 Å². The number of rotatable bonds is 3. The fourth-order valence-electron chi connectivity index (χ4n) is 2.27. The minimum atomic E-state index is 0.158. The van der Waals surface area contributed by atoms with E-state index in [-0.39, 0.29) is 5.41 Å². The second-order valence-corrected chi connectivity index (χ2v) is 4.33. The van der Waals surface area contributed by atoms with Gasteiger partial charge in [-0.15, -0.1) is 0 Å². The summed E-state index contributed by atoms with van der Waals surface area (Å²) in [5.74, 6) is 0.903. The lowest BCUT2D eigenvalue weighted by molar-refractivity contribution is -0.122. The van der Waals surface area contributed by atoms with Crippen molar-refractivity contribution < 1.29 is 4.79 Å². The van der Waals surface area contributed by atoms with Crippen LogP contribution in [-0.2, 0) is 4.79 Å². The Bertz CT molecular complexity index is 154. The summed E-state index contributed by atoms with van der Waals surface area (Å²) in [5, 5.41) is 0. The summed E-state index contributed by atoms with van der Waals surface area (Å²) in [6.45, 7) is 0. The van der Waals surface area contributed by atoms with E-state index in [1.165, 1.54) is 51.2 Å². The zero-order valence-corrected chi connectivity index (χ0v) is 7.01. The highest BCUT2D eigenvalue weighted by atomic mass is 16.1. The molecule has 0 saturated heterocycles.